The fourth-order valence-electron chi connectivity index (χ4n) is 1.64. The Kier molecular flexibility index (Phi) is 4.23. The molecule has 0 radical (unpaired) electrons. The van der Waals surface area contributed by atoms with Crippen LogP contribution < -0.4 is 16.2 Å². The summed E-state index contributed by atoms with van der Waals surface area (Å²) in [5, 5.41) is 11.6. The maximum atomic E-state index is 11.6. The van der Waals surface area contributed by atoms with E-state index >= 15 is 0 Å². The van der Waals surface area contributed by atoms with E-state index in [1.165, 1.54) is 6.33 Å². The van der Waals surface area contributed by atoms with Crippen molar-refractivity contribution >= 4 is 39.9 Å². The lowest BCUT2D eigenvalue weighted by molar-refractivity contribution is 0.318. The van der Waals surface area contributed by atoms with E-state index in [0.717, 1.165) is 5.69 Å². The Balaban J connectivity index is 2.36. The van der Waals surface area contributed by atoms with Gasteiger partial charge in [0.1, 0.15) is 3.57 Å². The van der Waals surface area contributed by atoms with Gasteiger partial charge in [0.05, 0.1) is 6.33 Å². The number of rotatable bonds is 3. The first-order valence-corrected chi connectivity index (χ1v) is 6.67. The van der Waals surface area contributed by atoms with Gasteiger partial charge < -0.3 is 20.8 Å². The van der Waals surface area contributed by atoms with Gasteiger partial charge in [0.2, 0.25) is 0 Å². The van der Waals surface area contributed by atoms with Crippen molar-refractivity contribution in [1.29, 1.82) is 0 Å². The summed E-state index contributed by atoms with van der Waals surface area (Å²) in [6.45, 7) is 0. The quantitative estimate of drug-likeness (QED) is 0.242. The molecule has 8 heteroatoms. The smallest absolute Gasteiger partial charge is 0.266 e. The van der Waals surface area contributed by atoms with Crippen LogP contribution in [0.15, 0.2) is 40.5 Å². The minimum Gasteiger partial charge on any atom is -0.409 e. The molecular weight excluding hydrogens is 373 g/mol. The number of hydrogen-bond acceptors (Lipinski definition) is 5. The number of benzene rings is 1. The van der Waals surface area contributed by atoms with Gasteiger partial charge in [-0.15, -0.1) is 0 Å². The number of nitrogens with two attached hydrogens (primary N) is 1. The van der Waals surface area contributed by atoms with Crippen LogP contribution in [0.4, 0.5) is 11.5 Å². The van der Waals surface area contributed by atoms with Crippen LogP contribution in [0.5, 0.6) is 0 Å². The summed E-state index contributed by atoms with van der Waals surface area (Å²) < 4.78 is 0.508. The lowest BCUT2D eigenvalue weighted by atomic mass is 10.2. The third-order valence-corrected chi connectivity index (χ3v) is 3.73. The number of halogens is 1. The number of amidine groups is 1. The van der Waals surface area contributed by atoms with Crippen LogP contribution in [-0.2, 0) is 0 Å². The minimum atomic E-state index is -0.185. The molecule has 0 spiro atoms. The van der Waals surface area contributed by atoms with Gasteiger partial charge in [-0.05, 0) is 46.9 Å². The Bertz CT molecular complexity index is 696. The van der Waals surface area contributed by atoms with Gasteiger partial charge in [-0.2, -0.15) is 0 Å². The summed E-state index contributed by atoms with van der Waals surface area (Å²) in [5.41, 5.74) is 6.76. The van der Waals surface area contributed by atoms with Crippen LogP contribution in [0.2, 0.25) is 0 Å². The summed E-state index contributed by atoms with van der Waals surface area (Å²) in [4.78, 5) is 20.0. The molecule has 1 aromatic heterocycles. The summed E-state index contributed by atoms with van der Waals surface area (Å²) in [5.74, 6) is 0.606. The molecule has 20 heavy (non-hydrogen) atoms. The largest absolute Gasteiger partial charge is 0.409 e. The summed E-state index contributed by atoms with van der Waals surface area (Å²) >= 11 is 1.95. The van der Waals surface area contributed by atoms with Gasteiger partial charge in [0, 0.05) is 18.3 Å². The Morgan fingerprint density at radius 1 is 1.45 bits per heavy atom. The number of aromatic amines is 1. The first-order valence-electron chi connectivity index (χ1n) is 5.59. The van der Waals surface area contributed by atoms with Gasteiger partial charge in [-0.3, -0.25) is 4.79 Å². The SMILES string of the molecule is CN(c1ccc(/C(N)=N/O)cc1)c1nc[nH]c(=O)c1I. The highest BCUT2D eigenvalue weighted by Gasteiger charge is 2.12. The van der Waals surface area contributed by atoms with E-state index in [1.54, 1.807) is 29.2 Å². The molecule has 2 aromatic rings. The molecule has 0 amide bonds. The average molecular weight is 385 g/mol. The number of H-pyrrole nitrogens is 1. The third kappa shape index (κ3) is 2.74. The second-order valence-corrected chi connectivity index (χ2v) is 5.04. The maximum absolute atomic E-state index is 11.6. The van der Waals surface area contributed by atoms with E-state index in [-0.39, 0.29) is 11.4 Å². The summed E-state index contributed by atoms with van der Waals surface area (Å²) in [6, 6.07) is 7.04. The Morgan fingerprint density at radius 2 is 2.10 bits per heavy atom. The van der Waals surface area contributed by atoms with Crippen molar-refractivity contribution in [2.24, 2.45) is 10.9 Å². The zero-order valence-corrected chi connectivity index (χ0v) is 12.7. The van der Waals surface area contributed by atoms with Crippen LogP contribution >= 0.6 is 22.6 Å². The minimum absolute atomic E-state index is 0.0445. The van der Waals surface area contributed by atoms with Crippen molar-refractivity contribution in [3.63, 3.8) is 0 Å². The molecule has 7 nitrogen and oxygen atoms in total. The van der Waals surface area contributed by atoms with Crippen LogP contribution in [0.3, 0.4) is 0 Å². The van der Waals surface area contributed by atoms with Gasteiger partial charge in [-0.1, -0.05) is 5.16 Å². The van der Waals surface area contributed by atoms with E-state index in [1.807, 2.05) is 29.6 Å². The topological polar surface area (TPSA) is 108 Å². The van der Waals surface area contributed by atoms with Gasteiger partial charge in [-0.25, -0.2) is 4.98 Å². The number of anilines is 2. The number of nitrogens with zero attached hydrogens (tertiary/aromatic N) is 3. The molecule has 1 heterocycles. The highest BCUT2D eigenvalue weighted by atomic mass is 127. The van der Waals surface area contributed by atoms with Gasteiger partial charge in [0.15, 0.2) is 11.7 Å². The number of aromatic nitrogens is 2. The molecule has 0 aliphatic carbocycles. The number of oxime groups is 1. The fourth-order valence-corrected chi connectivity index (χ4v) is 2.30. The first-order chi connectivity index (χ1) is 9.54. The van der Waals surface area contributed by atoms with E-state index in [4.69, 9.17) is 10.9 Å². The average Bonchev–Trinajstić information content (AvgIpc) is 2.48. The normalized spacial score (nSPS) is 11.4. The van der Waals surface area contributed by atoms with Crippen LogP contribution in [-0.4, -0.2) is 28.1 Å². The monoisotopic (exact) mass is 385 g/mol. The molecular formula is C12H12IN5O2. The predicted octanol–water partition coefficient (Wildman–Crippen LogP) is 1.24. The Hall–Kier alpha value is -2.10. The van der Waals surface area contributed by atoms with E-state index in [2.05, 4.69) is 15.1 Å². The van der Waals surface area contributed by atoms with Crippen LogP contribution in [0.1, 0.15) is 5.56 Å². The molecule has 0 saturated carbocycles. The molecule has 1 aromatic carbocycles. The zero-order valence-electron chi connectivity index (χ0n) is 10.5. The van der Waals surface area contributed by atoms with E-state index in [9.17, 15) is 4.79 Å². The highest BCUT2D eigenvalue weighted by Crippen LogP contribution is 2.24. The van der Waals surface area contributed by atoms with Gasteiger partial charge >= 0.3 is 0 Å². The number of nitrogens with one attached hydrogen (secondary N) is 1. The van der Waals surface area contributed by atoms with Crippen molar-refractivity contribution < 1.29 is 5.21 Å². The molecule has 0 atom stereocenters. The standard InChI is InChI=1S/C12H12IN5O2/c1-18(11-9(13)12(19)16-6-15-11)8-4-2-7(3-5-8)10(14)17-20/h2-6,20H,1H3,(H2,14,17)(H,15,16,19). The molecule has 0 bridgehead atoms. The maximum Gasteiger partial charge on any atom is 0.266 e. The Labute approximate surface area is 128 Å². The Morgan fingerprint density at radius 3 is 2.70 bits per heavy atom. The molecule has 0 fully saturated rings. The molecule has 0 unspecified atom stereocenters. The van der Waals surface area contributed by atoms with Crippen LogP contribution in [0, 0.1) is 3.57 Å². The fraction of sp³-hybridized carbons (Fsp3) is 0.0833. The predicted molar refractivity (Wildman–Crippen MR) is 84.6 cm³/mol. The second kappa shape index (κ2) is 5.90. The third-order valence-electron chi connectivity index (χ3n) is 2.75. The van der Waals surface area contributed by atoms with Crippen molar-refractivity contribution in [1.82, 2.24) is 9.97 Å². The number of hydrogen-bond donors (Lipinski definition) is 3. The molecule has 0 saturated heterocycles. The van der Waals surface area contributed by atoms with E-state index in [0.29, 0.717) is 15.0 Å². The molecule has 0 aliphatic heterocycles. The molecule has 2 rings (SSSR count). The molecule has 4 N–H and O–H groups in total. The molecule has 104 valence electrons. The van der Waals surface area contributed by atoms with Crippen molar-refractivity contribution in [2.45, 2.75) is 0 Å². The highest BCUT2D eigenvalue weighted by molar-refractivity contribution is 14.1. The second-order valence-electron chi connectivity index (χ2n) is 3.96. The van der Waals surface area contributed by atoms with E-state index < -0.39 is 0 Å². The molecule has 0 aliphatic rings. The van der Waals surface area contributed by atoms with Crippen molar-refractivity contribution in [2.75, 3.05) is 11.9 Å². The van der Waals surface area contributed by atoms with Crippen molar-refractivity contribution in [3.8, 4) is 0 Å². The zero-order chi connectivity index (χ0) is 14.7. The first kappa shape index (κ1) is 14.3. The summed E-state index contributed by atoms with van der Waals surface area (Å²) in [7, 11) is 1.81. The van der Waals surface area contributed by atoms with Crippen LogP contribution in [0.25, 0.3) is 0 Å². The lowest BCUT2D eigenvalue weighted by Gasteiger charge is -2.19. The van der Waals surface area contributed by atoms with Gasteiger partial charge in [0.25, 0.3) is 5.56 Å². The van der Waals surface area contributed by atoms with Crippen molar-refractivity contribution in [3.05, 3.63) is 50.1 Å². The summed E-state index contributed by atoms with van der Waals surface area (Å²) in [6.07, 6.45) is 1.36. The lowest BCUT2D eigenvalue weighted by Crippen LogP contribution is -2.20.